The number of nitrogens with two attached hydrogens (primary N) is 2. The van der Waals surface area contributed by atoms with Crippen LogP contribution in [0.5, 0.6) is 11.5 Å². The number of nitrogens with one attached hydrogen (secondary N) is 1. The maximum absolute atomic E-state index is 6.84. The van der Waals surface area contributed by atoms with Crippen molar-refractivity contribution >= 4 is 29.3 Å². The number of hydrogen-bond donors (Lipinski definition) is 3. The third-order valence-corrected chi connectivity index (χ3v) is 7.05. The first-order valence-electron chi connectivity index (χ1n) is 12.2. The highest BCUT2D eigenvalue weighted by molar-refractivity contribution is 6.32. The van der Waals surface area contributed by atoms with Crippen molar-refractivity contribution in [2.45, 2.75) is 24.7 Å². The van der Waals surface area contributed by atoms with Gasteiger partial charge in [0.05, 0.1) is 48.3 Å². The largest absolute Gasteiger partial charge is 0.491 e. The molecule has 2 unspecified atom stereocenters. The van der Waals surface area contributed by atoms with Crippen LogP contribution in [-0.4, -0.2) is 55.7 Å². The van der Waals surface area contributed by atoms with Gasteiger partial charge in [-0.1, -0.05) is 23.7 Å². The number of ether oxygens (including phenoxy) is 3. The van der Waals surface area contributed by atoms with Gasteiger partial charge < -0.3 is 25.3 Å². The zero-order valence-corrected chi connectivity index (χ0v) is 21.4. The van der Waals surface area contributed by atoms with Crippen molar-refractivity contribution in [3.8, 4) is 11.5 Å². The Labute approximate surface area is 221 Å². The van der Waals surface area contributed by atoms with E-state index < -0.39 is 5.66 Å². The van der Waals surface area contributed by atoms with Crippen molar-refractivity contribution in [2.24, 2.45) is 10.7 Å². The van der Waals surface area contributed by atoms with Crippen LogP contribution in [0.15, 0.2) is 59.7 Å². The van der Waals surface area contributed by atoms with Crippen LogP contribution in [0.2, 0.25) is 5.02 Å². The van der Waals surface area contributed by atoms with Crippen molar-refractivity contribution in [1.82, 2.24) is 9.88 Å². The Morgan fingerprint density at radius 1 is 1.19 bits per heavy atom. The minimum absolute atomic E-state index is 0.307. The lowest BCUT2D eigenvalue weighted by molar-refractivity contribution is -0.00131. The highest BCUT2D eigenvalue weighted by atomic mass is 35.5. The van der Waals surface area contributed by atoms with E-state index in [9.17, 15) is 0 Å². The second kappa shape index (κ2) is 10.9. The molecule has 9 nitrogen and oxygen atoms in total. The number of aliphatic imine (C=N–C) groups is 1. The SMILES string of the molecule is CN1CCOCC1CCOc1cc2c(cc1N)C(N)(c1ccc(OCc3ccccn3)c(Cl)c1)N=CN2. The predicted molar refractivity (Wildman–Crippen MR) is 145 cm³/mol. The van der Waals surface area contributed by atoms with Crippen molar-refractivity contribution in [1.29, 1.82) is 0 Å². The number of anilines is 2. The van der Waals surface area contributed by atoms with Gasteiger partial charge in [0.15, 0.2) is 5.66 Å². The Morgan fingerprint density at radius 3 is 2.86 bits per heavy atom. The summed E-state index contributed by atoms with van der Waals surface area (Å²) in [5.41, 5.74) is 15.5. The molecule has 1 fully saturated rings. The second-order valence-electron chi connectivity index (χ2n) is 9.21. The predicted octanol–water partition coefficient (Wildman–Crippen LogP) is 3.61. The van der Waals surface area contributed by atoms with E-state index >= 15 is 0 Å². The number of nitrogens with zero attached hydrogens (tertiary/aromatic N) is 3. The zero-order chi connectivity index (χ0) is 25.8. The van der Waals surface area contributed by atoms with Gasteiger partial charge >= 0.3 is 0 Å². The molecule has 0 amide bonds. The normalized spacial score (nSPS) is 21.2. The Kier molecular flexibility index (Phi) is 7.48. The monoisotopic (exact) mass is 522 g/mol. The fourth-order valence-corrected chi connectivity index (χ4v) is 4.73. The molecule has 2 atom stereocenters. The van der Waals surface area contributed by atoms with Gasteiger partial charge in [0.1, 0.15) is 18.1 Å². The van der Waals surface area contributed by atoms with Crippen LogP contribution in [0.4, 0.5) is 11.4 Å². The molecule has 0 radical (unpaired) electrons. The molecule has 3 heterocycles. The lowest BCUT2D eigenvalue weighted by Crippen LogP contribution is -2.43. The topological polar surface area (TPSA) is 120 Å². The van der Waals surface area contributed by atoms with Crippen LogP contribution in [-0.2, 0) is 17.0 Å². The minimum Gasteiger partial charge on any atom is -0.491 e. The van der Waals surface area contributed by atoms with Gasteiger partial charge in [-0.15, -0.1) is 0 Å². The second-order valence-corrected chi connectivity index (χ2v) is 9.61. The van der Waals surface area contributed by atoms with Gasteiger partial charge in [-0.3, -0.25) is 15.6 Å². The number of aromatic nitrogens is 1. The molecule has 194 valence electrons. The van der Waals surface area contributed by atoms with Gasteiger partial charge in [0.25, 0.3) is 0 Å². The maximum atomic E-state index is 6.84. The first-order chi connectivity index (χ1) is 17.9. The Hall–Kier alpha value is -3.37. The van der Waals surface area contributed by atoms with Crippen molar-refractivity contribution < 1.29 is 14.2 Å². The molecule has 10 heteroatoms. The molecular weight excluding hydrogens is 492 g/mol. The number of nitrogen functional groups attached to an aromatic ring is 1. The van der Waals surface area contributed by atoms with Crippen molar-refractivity contribution in [3.63, 3.8) is 0 Å². The minimum atomic E-state index is -1.18. The molecule has 0 aliphatic carbocycles. The molecule has 3 aromatic rings. The summed E-state index contributed by atoms with van der Waals surface area (Å²) in [4.78, 5) is 11.1. The summed E-state index contributed by atoms with van der Waals surface area (Å²) < 4.78 is 17.5. The number of fused-ring (bicyclic) bond motifs is 1. The van der Waals surface area contributed by atoms with Gasteiger partial charge in [-0.25, -0.2) is 4.99 Å². The molecule has 2 aliphatic heterocycles. The average Bonchev–Trinajstić information content (AvgIpc) is 2.90. The van der Waals surface area contributed by atoms with Gasteiger partial charge in [0, 0.05) is 36.0 Å². The summed E-state index contributed by atoms with van der Waals surface area (Å²) in [6, 6.07) is 15.1. The van der Waals surface area contributed by atoms with E-state index in [2.05, 4.69) is 27.2 Å². The molecule has 0 bridgehead atoms. The highest BCUT2D eigenvalue weighted by Gasteiger charge is 2.35. The maximum Gasteiger partial charge on any atom is 0.163 e. The lowest BCUT2D eigenvalue weighted by atomic mass is 9.89. The summed E-state index contributed by atoms with van der Waals surface area (Å²) >= 11 is 6.57. The standard InChI is InChI=1S/C27H31ClN6O3/c1-34-9-11-35-16-20(34)7-10-36-26-14-24-21(13-23(26)29)27(30,33-17-32-24)18-5-6-25(22(28)12-18)37-15-19-4-2-3-8-31-19/h2-6,8,12-14,17,20H,7,9-11,15-16,29-30H2,1H3,(H,32,33). The smallest absolute Gasteiger partial charge is 0.163 e. The van der Waals surface area contributed by atoms with Crippen LogP contribution < -0.4 is 26.3 Å². The first-order valence-corrected chi connectivity index (χ1v) is 12.6. The molecule has 1 saturated heterocycles. The van der Waals surface area contributed by atoms with E-state index in [1.54, 1.807) is 24.7 Å². The molecule has 0 spiro atoms. The number of pyridine rings is 1. The number of likely N-dealkylation sites (N-methyl/N-ethyl adjacent to an activating group) is 1. The Bertz CT molecular complexity index is 1270. The number of hydrogen-bond acceptors (Lipinski definition) is 9. The fraction of sp³-hybridized carbons (Fsp3) is 0.333. The summed E-state index contributed by atoms with van der Waals surface area (Å²) in [5, 5.41) is 3.60. The third-order valence-electron chi connectivity index (χ3n) is 6.75. The molecule has 1 aromatic heterocycles. The van der Waals surface area contributed by atoms with E-state index in [0.29, 0.717) is 53.6 Å². The van der Waals surface area contributed by atoms with Crippen molar-refractivity contribution in [2.75, 3.05) is 44.5 Å². The third kappa shape index (κ3) is 5.50. The summed E-state index contributed by atoms with van der Waals surface area (Å²) in [6.45, 7) is 3.24. The molecule has 5 rings (SSSR count). The Balaban J connectivity index is 1.31. The number of rotatable bonds is 8. The van der Waals surface area contributed by atoms with Crippen LogP contribution in [0.25, 0.3) is 0 Å². The summed E-state index contributed by atoms with van der Waals surface area (Å²) in [7, 11) is 2.11. The van der Waals surface area contributed by atoms with E-state index in [-0.39, 0.29) is 0 Å². The summed E-state index contributed by atoms with van der Waals surface area (Å²) in [5.74, 6) is 1.13. The van der Waals surface area contributed by atoms with Crippen LogP contribution in [0, 0.1) is 0 Å². The van der Waals surface area contributed by atoms with E-state index in [4.69, 9.17) is 37.3 Å². The number of halogens is 1. The van der Waals surface area contributed by atoms with Crippen LogP contribution in [0.1, 0.15) is 23.2 Å². The van der Waals surface area contributed by atoms with E-state index in [1.807, 2.05) is 36.4 Å². The van der Waals surface area contributed by atoms with Crippen molar-refractivity contribution in [3.05, 3.63) is 76.6 Å². The quantitative estimate of drug-likeness (QED) is 0.384. The lowest BCUT2D eigenvalue weighted by Gasteiger charge is -2.33. The van der Waals surface area contributed by atoms with Crippen LogP contribution in [0.3, 0.4) is 0 Å². The molecular formula is C27H31ClN6O3. The van der Waals surface area contributed by atoms with E-state index in [1.165, 1.54) is 0 Å². The fourth-order valence-electron chi connectivity index (χ4n) is 4.50. The van der Waals surface area contributed by atoms with Gasteiger partial charge in [-0.2, -0.15) is 0 Å². The Morgan fingerprint density at radius 2 is 2.08 bits per heavy atom. The van der Waals surface area contributed by atoms with Crippen LogP contribution >= 0.6 is 11.6 Å². The zero-order valence-electron chi connectivity index (χ0n) is 20.7. The average molecular weight is 523 g/mol. The summed E-state index contributed by atoms with van der Waals surface area (Å²) in [6.07, 6.45) is 4.15. The van der Waals surface area contributed by atoms with E-state index in [0.717, 1.165) is 36.5 Å². The molecule has 0 saturated carbocycles. The molecule has 37 heavy (non-hydrogen) atoms. The van der Waals surface area contributed by atoms with Gasteiger partial charge in [0.2, 0.25) is 0 Å². The highest BCUT2D eigenvalue weighted by Crippen LogP contribution is 2.42. The molecule has 2 aromatic carbocycles. The molecule has 2 aliphatic rings. The number of benzene rings is 2. The first kappa shape index (κ1) is 25.3. The van der Waals surface area contributed by atoms with Gasteiger partial charge in [-0.05, 0) is 43.8 Å². The number of morpholine rings is 1. The molecule has 5 N–H and O–H groups in total.